The normalized spacial score (nSPS) is 24.0. The summed E-state index contributed by atoms with van der Waals surface area (Å²) in [5.41, 5.74) is 2.37. The van der Waals surface area contributed by atoms with E-state index < -0.39 is 29.4 Å². The average Bonchev–Trinajstić information content (AvgIpc) is 2.93. The summed E-state index contributed by atoms with van der Waals surface area (Å²) in [7, 11) is 0. The van der Waals surface area contributed by atoms with Crippen LogP contribution in [-0.2, 0) is 14.2 Å². The van der Waals surface area contributed by atoms with Gasteiger partial charge in [0.25, 0.3) is 0 Å². The van der Waals surface area contributed by atoms with Crippen molar-refractivity contribution in [2.75, 3.05) is 6.61 Å². The Balaban J connectivity index is 1.67. The number of rotatable bonds is 5. The van der Waals surface area contributed by atoms with Crippen molar-refractivity contribution in [3.05, 3.63) is 70.8 Å². The highest BCUT2D eigenvalue weighted by Crippen LogP contribution is 2.34. The highest BCUT2D eigenvalue weighted by atomic mass is 35.5. The number of aryl methyl sites for hydroxylation is 2. The first-order valence-corrected chi connectivity index (χ1v) is 9.23. The SMILES string of the molecule is Cc1ccccc1C(=O)OCC1OC(O)(Cl)CC1OC(=O)c1ccccc1C. The van der Waals surface area contributed by atoms with Gasteiger partial charge in [0.1, 0.15) is 18.8 Å². The predicted octanol–water partition coefficient (Wildman–Crippen LogP) is 3.36. The van der Waals surface area contributed by atoms with E-state index in [2.05, 4.69) is 0 Å². The molecule has 1 aliphatic heterocycles. The maximum atomic E-state index is 12.5. The molecule has 3 rings (SSSR count). The van der Waals surface area contributed by atoms with Gasteiger partial charge >= 0.3 is 11.9 Å². The van der Waals surface area contributed by atoms with Crippen LogP contribution < -0.4 is 0 Å². The Bertz CT molecular complexity index is 879. The number of aliphatic hydroxyl groups is 1. The van der Waals surface area contributed by atoms with E-state index in [1.807, 2.05) is 12.1 Å². The standard InChI is InChI=1S/C21H21ClO6/c1-13-7-3-5-9-15(13)19(23)26-12-18-17(11-21(22,25)28-18)27-20(24)16-10-6-4-8-14(16)2/h3-10,17-18,25H,11-12H2,1-2H3. The molecule has 0 amide bonds. The van der Waals surface area contributed by atoms with Crippen LogP contribution in [0.15, 0.2) is 48.5 Å². The van der Waals surface area contributed by atoms with E-state index >= 15 is 0 Å². The molecule has 0 saturated carbocycles. The summed E-state index contributed by atoms with van der Waals surface area (Å²) in [6.07, 6.45) is -1.89. The molecule has 3 unspecified atom stereocenters. The van der Waals surface area contributed by atoms with Gasteiger partial charge in [0.05, 0.1) is 17.5 Å². The van der Waals surface area contributed by atoms with E-state index in [1.165, 1.54) is 0 Å². The van der Waals surface area contributed by atoms with Crippen molar-refractivity contribution in [1.29, 1.82) is 0 Å². The zero-order valence-electron chi connectivity index (χ0n) is 15.6. The lowest BCUT2D eigenvalue weighted by molar-refractivity contribution is -0.140. The molecule has 2 aromatic carbocycles. The quantitative estimate of drug-likeness (QED) is 0.607. The fourth-order valence-electron chi connectivity index (χ4n) is 3.03. The maximum absolute atomic E-state index is 12.5. The van der Waals surface area contributed by atoms with E-state index in [-0.39, 0.29) is 13.0 Å². The number of hydrogen-bond acceptors (Lipinski definition) is 6. The van der Waals surface area contributed by atoms with Gasteiger partial charge in [-0.05, 0) is 37.1 Å². The van der Waals surface area contributed by atoms with Crippen LogP contribution >= 0.6 is 11.6 Å². The third-order valence-electron chi connectivity index (χ3n) is 4.57. The highest BCUT2D eigenvalue weighted by molar-refractivity contribution is 6.21. The van der Waals surface area contributed by atoms with E-state index in [1.54, 1.807) is 50.2 Å². The molecule has 148 valence electrons. The summed E-state index contributed by atoms with van der Waals surface area (Å²) >= 11 is 5.88. The first kappa shape index (κ1) is 20.3. The highest BCUT2D eigenvalue weighted by Gasteiger charge is 2.47. The molecular weight excluding hydrogens is 384 g/mol. The van der Waals surface area contributed by atoms with Gasteiger partial charge in [-0.25, -0.2) is 9.59 Å². The van der Waals surface area contributed by atoms with Crippen LogP contribution in [0.1, 0.15) is 38.3 Å². The molecule has 1 fully saturated rings. The number of carbonyl (C=O) groups excluding carboxylic acids is 2. The first-order valence-electron chi connectivity index (χ1n) is 8.85. The minimum absolute atomic E-state index is 0.140. The van der Waals surface area contributed by atoms with Crippen LogP contribution in [0.25, 0.3) is 0 Å². The van der Waals surface area contributed by atoms with Gasteiger partial charge in [0, 0.05) is 0 Å². The molecule has 7 heteroatoms. The third-order valence-corrected chi connectivity index (χ3v) is 4.81. The Morgan fingerprint density at radius 2 is 1.61 bits per heavy atom. The number of ether oxygens (including phenoxy) is 3. The molecule has 0 aromatic heterocycles. The van der Waals surface area contributed by atoms with Crippen LogP contribution in [0.2, 0.25) is 0 Å². The van der Waals surface area contributed by atoms with Gasteiger partial charge in [-0.3, -0.25) is 0 Å². The molecule has 3 atom stereocenters. The van der Waals surface area contributed by atoms with Gasteiger partial charge < -0.3 is 19.3 Å². The zero-order valence-corrected chi connectivity index (χ0v) is 16.3. The molecule has 1 N–H and O–H groups in total. The fourth-order valence-corrected chi connectivity index (χ4v) is 3.30. The van der Waals surface area contributed by atoms with Crippen molar-refractivity contribution >= 4 is 23.5 Å². The van der Waals surface area contributed by atoms with Gasteiger partial charge in [0.15, 0.2) is 0 Å². The number of hydrogen-bond donors (Lipinski definition) is 1. The van der Waals surface area contributed by atoms with E-state index in [0.29, 0.717) is 11.1 Å². The monoisotopic (exact) mass is 404 g/mol. The van der Waals surface area contributed by atoms with E-state index in [9.17, 15) is 14.7 Å². The van der Waals surface area contributed by atoms with Crippen molar-refractivity contribution in [3.8, 4) is 0 Å². The first-order chi connectivity index (χ1) is 13.3. The number of benzene rings is 2. The minimum Gasteiger partial charge on any atom is -0.459 e. The van der Waals surface area contributed by atoms with Crippen molar-refractivity contribution in [1.82, 2.24) is 0 Å². The lowest BCUT2D eigenvalue weighted by Crippen LogP contribution is -2.32. The minimum atomic E-state index is -1.99. The molecule has 0 aliphatic carbocycles. The molecule has 28 heavy (non-hydrogen) atoms. The van der Waals surface area contributed by atoms with E-state index in [4.69, 9.17) is 25.8 Å². The number of halogens is 1. The second-order valence-corrected chi connectivity index (χ2v) is 7.31. The Labute approximate surface area is 168 Å². The average molecular weight is 405 g/mol. The second-order valence-electron chi connectivity index (χ2n) is 6.72. The molecule has 0 bridgehead atoms. The smallest absolute Gasteiger partial charge is 0.338 e. The van der Waals surface area contributed by atoms with Gasteiger partial charge in [-0.15, -0.1) is 0 Å². The Morgan fingerprint density at radius 1 is 1.07 bits per heavy atom. The summed E-state index contributed by atoms with van der Waals surface area (Å²) in [6, 6.07) is 14.0. The fraction of sp³-hybridized carbons (Fsp3) is 0.333. The Kier molecular flexibility index (Phi) is 6.03. The lowest BCUT2D eigenvalue weighted by atomic mass is 10.1. The predicted molar refractivity (Wildman–Crippen MR) is 102 cm³/mol. The molecular formula is C21H21ClO6. The summed E-state index contributed by atoms with van der Waals surface area (Å²) in [6.45, 7) is 3.38. The Morgan fingerprint density at radius 3 is 2.18 bits per heavy atom. The number of carbonyl (C=O) groups is 2. The van der Waals surface area contributed by atoms with Crippen LogP contribution in [0.3, 0.4) is 0 Å². The summed E-state index contributed by atoms with van der Waals surface area (Å²) in [5.74, 6) is -1.09. The summed E-state index contributed by atoms with van der Waals surface area (Å²) < 4.78 is 16.1. The van der Waals surface area contributed by atoms with Crippen LogP contribution in [0, 0.1) is 13.8 Å². The number of alkyl halides is 1. The van der Waals surface area contributed by atoms with E-state index in [0.717, 1.165) is 11.1 Å². The van der Waals surface area contributed by atoms with Crippen molar-refractivity contribution in [3.63, 3.8) is 0 Å². The molecule has 0 spiro atoms. The Hall–Kier alpha value is -2.41. The largest absolute Gasteiger partial charge is 0.459 e. The molecule has 0 radical (unpaired) electrons. The molecule has 1 saturated heterocycles. The molecule has 1 heterocycles. The van der Waals surface area contributed by atoms with Crippen molar-refractivity contribution in [2.45, 2.75) is 37.7 Å². The van der Waals surface area contributed by atoms with Crippen molar-refractivity contribution in [2.24, 2.45) is 0 Å². The molecule has 6 nitrogen and oxygen atoms in total. The summed E-state index contributed by atoms with van der Waals surface area (Å²) in [5, 5.41) is 8.02. The lowest BCUT2D eigenvalue weighted by Gasteiger charge is -2.19. The maximum Gasteiger partial charge on any atom is 0.338 e. The van der Waals surface area contributed by atoms with Crippen LogP contribution in [0.4, 0.5) is 0 Å². The second kappa shape index (κ2) is 8.31. The number of esters is 2. The zero-order chi connectivity index (χ0) is 20.3. The van der Waals surface area contributed by atoms with Gasteiger partial charge in [0.2, 0.25) is 5.25 Å². The third kappa shape index (κ3) is 4.70. The van der Waals surface area contributed by atoms with Gasteiger partial charge in [-0.1, -0.05) is 48.0 Å². The van der Waals surface area contributed by atoms with Gasteiger partial charge in [-0.2, -0.15) is 0 Å². The summed E-state index contributed by atoms with van der Waals surface area (Å²) in [4.78, 5) is 24.8. The topological polar surface area (TPSA) is 82.1 Å². The molecule has 2 aromatic rings. The van der Waals surface area contributed by atoms with Crippen molar-refractivity contribution < 1.29 is 28.9 Å². The van der Waals surface area contributed by atoms with Crippen LogP contribution in [-0.4, -0.2) is 41.1 Å². The van der Waals surface area contributed by atoms with Crippen LogP contribution in [0.5, 0.6) is 0 Å². The molecule has 1 aliphatic rings.